The van der Waals surface area contributed by atoms with Crippen molar-refractivity contribution in [2.45, 2.75) is 19.3 Å². The normalized spacial score (nSPS) is 15.7. The van der Waals surface area contributed by atoms with Crippen LogP contribution in [0, 0.1) is 16.0 Å². The molecular formula is C12H17N3O3. The summed E-state index contributed by atoms with van der Waals surface area (Å²) >= 11 is 0. The molecule has 0 amide bonds. The first-order chi connectivity index (χ1) is 8.56. The fraction of sp³-hybridized carbons (Fsp3) is 0.583. The molecule has 0 bridgehead atoms. The second-order valence-corrected chi connectivity index (χ2v) is 4.95. The standard InChI is InChI=1S/C12H17N3O3/c1-14(7-9-3-2-4-9)8-12(16)11-5-10(6-13-11)15(17)18/h5-6,9,13H,2-4,7-8H2,1H3. The molecule has 98 valence electrons. The second-order valence-electron chi connectivity index (χ2n) is 4.95. The molecule has 0 aromatic carbocycles. The van der Waals surface area contributed by atoms with E-state index in [1.165, 1.54) is 31.5 Å². The van der Waals surface area contributed by atoms with E-state index >= 15 is 0 Å². The molecule has 6 nitrogen and oxygen atoms in total. The molecule has 2 rings (SSSR count). The highest BCUT2D eigenvalue weighted by Gasteiger charge is 2.21. The van der Waals surface area contributed by atoms with Crippen LogP contribution in [0.3, 0.4) is 0 Å². The van der Waals surface area contributed by atoms with Crippen LogP contribution < -0.4 is 0 Å². The number of aromatic amines is 1. The second kappa shape index (κ2) is 5.30. The van der Waals surface area contributed by atoms with Crippen LogP contribution in [0.25, 0.3) is 0 Å². The number of carbonyl (C=O) groups excluding carboxylic acids is 1. The molecule has 1 aromatic heterocycles. The molecule has 6 heteroatoms. The highest BCUT2D eigenvalue weighted by Crippen LogP contribution is 2.26. The molecule has 0 aliphatic heterocycles. The molecule has 1 aliphatic carbocycles. The first-order valence-electron chi connectivity index (χ1n) is 6.11. The molecule has 1 N–H and O–H groups in total. The van der Waals surface area contributed by atoms with Gasteiger partial charge in [-0.1, -0.05) is 6.42 Å². The molecule has 0 spiro atoms. The lowest BCUT2D eigenvalue weighted by Crippen LogP contribution is -2.33. The van der Waals surface area contributed by atoms with Gasteiger partial charge in [0.1, 0.15) is 0 Å². The van der Waals surface area contributed by atoms with E-state index in [2.05, 4.69) is 4.98 Å². The molecule has 0 saturated heterocycles. The summed E-state index contributed by atoms with van der Waals surface area (Å²) in [5.41, 5.74) is 0.238. The number of ketones is 1. The minimum atomic E-state index is -0.509. The number of nitrogens with one attached hydrogen (secondary N) is 1. The van der Waals surface area contributed by atoms with Gasteiger partial charge in [0.2, 0.25) is 0 Å². The fourth-order valence-corrected chi connectivity index (χ4v) is 2.16. The van der Waals surface area contributed by atoms with E-state index in [1.54, 1.807) is 0 Å². The Balaban J connectivity index is 1.87. The number of nitro groups is 1. The first kappa shape index (κ1) is 12.8. The summed E-state index contributed by atoms with van der Waals surface area (Å²) in [5, 5.41) is 10.5. The third-order valence-corrected chi connectivity index (χ3v) is 3.39. The quantitative estimate of drug-likeness (QED) is 0.475. The van der Waals surface area contributed by atoms with Gasteiger partial charge in [0.05, 0.1) is 23.4 Å². The Morgan fingerprint density at radius 1 is 1.61 bits per heavy atom. The minimum absolute atomic E-state index is 0.0694. The summed E-state index contributed by atoms with van der Waals surface area (Å²) in [5.74, 6) is 0.603. The lowest BCUT2D eigenvalue weighted by Gasteiger charge is -2.29. The van der Waals surface area contributed by atoms with Crippen molar-refractivity contribution in [3.8, 4) is 0 Å². The molecule has 1 fully saturated rings. The molecule has 0 radical (unpaired) electrons. The number of H-pyrrole nitrogens is 1. The average Bonchev–Trinajstić information content (AvgIpc) is 2.72. The van der Waals surface area contributed by atoms with Crippen LogP contribution in [0.1, 0.15) is 29.8 Å². The van der Waals surface area contributed by atoms with E-state index < -0.39 is 4.92 Å². The highest BCUT2D eigenvalue weighted by molar-refractivity contribution is 5.96. The maximum atomic E-state index is 11.9. The lowest BCUT2D eigenvalue weighted by atomic mass is 9.85. The zero-order valence-corrected chi connectivity index (χ0v) is 10.4. The smallest absolute Gasteiger partial charge is 0.287 e. The van der Waals surface area contributed by atoms with Crippen molar-refractivity contribution in [2.75, 3.05) is 20.1 Å². The summed E-state index contributed by atoms with van der Waals surface area (Å²) in [6.45, 7) is 1.22. The number of Topliss-reactive ketones (excluding diaryl/α,β-unsaturated/α-hetero) is 1. The van der Waals surface area contributed by atoms with Gasteiger partial charge in [0, 0.05) is 12.6 Å². The zero-order valence-electron chi connectivity index (χ0n) is 10.4. The number of carbonyl (C=O) groups is 1. The maximum absolute atomic E-state index is 11.9. The number of hydrogen-bond acceptors (Lipinski definition) is 4. The summed E-state index contributed by atoms with van der Waals surface area (Å²) < 4.78 is 0. The minimum Gasteiger partial charge on any atom is -0.353 e. The zero-order chi connectivity index (χ0) is 13.1. The molecule has 1 aromatic rings. The Bertz CT molecular complexity index is 451. The van der Waals surface area contributed by atoms with Crippen LogP contribution in [0.2, 0.25) is 0 Å². The average molecular weight is 251 g/mol. The van der Waals surface area contributed by atoms with Crippen LogP contribution in [-0.2, 0) is 0 Å². The van der Waals surface area contributed by atoms with Gasteiger partial charge in [-0.25, -0.2) is 0 Å². The van der Waals surface area contributed by atoms with Crippen molar-refractivity contribution in [3.05, 3.63) is 28.1 Å². The summed E-state index contributed by atoms with van der Waals surface area (Å²) in [6.07, 6.45) is 5.02. The topological polar surface area (TPSA) is 79.2 Å². The lowest BCUT2D eigenvalue weighted by molar-refractivity contribution is -0.384. The van der Waals surface area contributed by atoms with Gasteiger partial charge in [-0.05, 0) is 25.8 Å². The Labute approximate surface area is 105 Å². The van der Waals surface area contributed by atoms with Gasteiger partial charge in [-0.3, -0.25) is 19.8 Å². The summed E-state index contributed by atoms with van der Waals surface area (Å²) in [7, 11) is 1.91. The highest BCUT2D eigenvalue weighted by atomic mass is 16.6. The van der Waals surface area contributed by atoms with Crippen LogP contribution in [0.15, 0.2) is 12.3 Å². The molecule has 1 heterocycles. The number of nitrogens with zero attached hydrogens (tertiary/aromatic N) is 2. The summed E-state index contributed by atoms with van der Waals surface area (Å²) in [4.78, 5) is 26.5. The van der Waals surface area contributed by atoms with E-state index in [1.807, 2.05) is 11.9 Å². The number of rotatable bonds is 6. The predicted octanol–water partition coefficient (Wildman–Crippen LogP) is 1.84. The van der Waals surface area contributed by atoms with Crippen LogP contribution in [-0.4, -0.2) is 40.7 Å². The third-order valence-electron chi connectivity index (χ3n) is 3.39. The molecule has 1 saturated carbocycles. The van der Waals surface area contributed by atoms with Crippen LogP contribution in [0.4, 0.5) is 5.69 Å². The van der Waals surface area contributed by atoms with E-state index in [0.29, 0.717) is 18.2 Å². The molecular weight excluding hydrogens is 234 g/mol. The van der Waals surface area contributed by atoms with Crippen molar-refractivity contribution in [1.29, 1.82) is 0 Å². The van der Waals surface area contributed by atoms with E-state index in [4.69, 9.17) is 0 Å². The summed E-state index contributed by atoms with van der Waals surface area (Å²) in [6, 6.07) is 1.29. The van der Waals surface area contributed by atoms with Crippen LogP contribution >= 0.6 is 0 Å². The Morgan fingerprint density at radius 3 is 2.83 bits per heavy atom. The monoisotopic (exact) mass is 251 g/mol. The fourth-order valence-electron chi connectivity index (χ4n) is 2.16. The van der Waals surface area contributed by atoms with Gasteiger partial charge in [0.25, 0.3) is 5.69 Å². The number of aromatic nitrogens is 1. The molecule has 0 atom stereocenters. The van der Waals surface area contributed by atoms with E-state index in [0.717, 1.165) is 6.54 Å². The van der Waals surface area contributed by atoms with E-state index in [9.17, 15) is 14.9 Å². The van der Waals surface area contributed by atoms with Crippen molar-refractivity contribution >= 4 is 11.5 Å². The Hall–Kier alpha value is -1.69. The first-order valence-corrected chi connectivity index (χ1v) is 6.11. The van der Waals surface area contributed by atoms with Crippen molar-refractivity contribution < 1.29 is 9.72 Å². The largest absolute Gasteiger partial charge is 0.353 e. The number of likely N-dealkylation sites (N-methyl/N-ethyl adjacent to an activating group) is 1. The van der Waals surface area contributed by atoms with Gasteiger partial charge >= 0.3 is 0 Å². The maximum Gasteiger partial charge on any atom is 0.287 e. The third kappa shape index (κ3) is 2.95. The van der Waals surface area contributed by atoms with Crippen LogP contribution in [0.5, 0.6) is 0 Å². The predicted molar refractivity (Wildman–Crippen MR) is 66.6 cm³/mol. The Morgan fingerprint density at radius 2 is 2.33 bits per heavy atom. The number of hydrogen-bond donors (Lipinski definition) is 1. The van der Waals surface area contributed by atoms with Gasteiger partial charge in [0.15, 0.2) is 5.78 Å². The molecule has 0 unspecified atom stereocenters. The Kier molecular flexibility index (Phi) is 3.76. The van der Waals surface area contributed by atoms with Gasteiger partial charge in [-0.2, -0.15) is 0 Å². The molecule has 18 heavy (non-hydrogen) atoms. The van der Waals surface area contributed by atoms with Gasteiger partial charge < -0.3 is 4.98 Å². The van der Waals surface area contributed by atoms with E-state index in [-0.39, 0.29) is 11.5 Å². The van der Waals surface area contributed by atoms with Crippen molar-refractivity contribution in [3.63, 3.8) is 0 Å². The van der Waals surface area contributed by atoms with Crippen molar-refractivity contribution in [1.82, 2.24) is 9.88 Å². The molecule has 1 aliphatic rings. The SMILES string of the molecule is CN(CC(=O)c1cc([N+](=O)[O-])c[nH]1)CC1CCC1. The van der Waals surface area contributed by atoms with Gasteiger partial charge in [-0.15, -0.1) is 0 Å². The van der Waals surface area contributed by atoms with Crippen molar-refractivity contribution in [2.24, 2.45) is 5.92 Å².